The largest absolute Gasteiger partial charge is 0.493 e. The van der Waals surface area contributed by atoms with Crippen LogP contribution in [-0.4, -0.2) is 25.5 Å². The highest BCUT2D eigenvalue weighted by Crippen LogP contribution is 2.35. The molecule has 120 valence electrons. The maximum Gasteiger partial charge on any atom is 0.191 e. The summed E-state index contributed by atoms with van der Waals surface area (Å²) in [5.74, 6) is 1.02. The SMILES string of the molecule is COc1cc(/C=N/NC(=S)Nc2ccccc2)cc(Cl)c1OC. The van der Waals surface area contributed by atoms with E-state index in [-0.39, 0.29) is 0 Å². The first-order valence-corrected chi connectivity index (χ1v) is 7.49. The van der Waals surface area contributed by atoms with E-state index in [9.17, 15) is 0 Å². The van der Waals surface area contributed by atoms with E-state index in [1.807, 2.05) is 30.3 Å². The molecule has 0 fully saturated rings. The van der Waals surface area contributed by atoms with E-state index in [4.69, 9.17) is 33.3 Å². The molecule has 5 nitrogen and oxygen atoms in total. The Morgan fingerprint density at radius 3 is 2.57 bits per heavy atom. The predicted octanol–water partition coefficient (Wildman–Crippen LogP) is 3.68. The van der Waals surface area contributed by atoms with Crippen molar-refractivity contribution >= 4 is 40.8 Å². The van der Waals surface area contributed by atoms with Crippen LogP contribution in [0.15, 0.2) is 47.6 Å². The second-order valence-electron chi connectivity index (χ2n) is 4.43. The highest BCUT2D eigenvalue weighted by Gasteiger charge is 2.09. The Balaban J connectivity index is 2.00. The first kappa shape index (κ1) is 17.1. The van der Waals surface area contributed by atoms with Gasteiger partial charge >= 0.3 is 0 Å². The van der Waals surface area contributed by atoms with E-state index in [0.717, 1.165) is 11.3 Å². The van der Waals surface area contributed by atoms with Gasteiger partial charge in [-0.15, -0.1) is 0 Å². The summed E-state index contributed by atoms with van der Waals surface area (Å²) < 4.78 is 10.4. The van der Waals surface area contributed by atoms with Crippen molar-refractivity contribution in [2.24, 2.45) is 5.10 Å². The van der Waals surface area contributed by atoms with E-state index in [1.165, 1.54) is 7.11 Å². The predicted molar refractivity (Wildman–Crippen MR) is 97.9 cm³/mol. The van der Waals surface area contributed by atoms with Crippen LogP contribution >= 0.6 is 23.8 Å². The Labute approximate surface area is 145 Å². The Morgan fingerprint density at radius 2 is 1.91 bits per heavy atom. The molecule has 0 aliphatic rings. The number of thiocarbonyl (C=S) groups is 1. The molecular formula is C16H16ClN3O2S. The van der Waals surface area contributed by atoms with Crippen molar-refractivity contribution in [3.05, 3.63) is 53.1 Å². The van der Waals surface area contributed by atoms with Crippen molar-refractivity contribution < 1.29 is 9.47 Å². The molecule has 0 saturated carbocycles. The molecular weight excluding hydrogens is 334 g/mol. The molecule has 0 spiro atoms. The summed E-state index contributed by atoms with van der Waals surface area (Å²) in [5, 5.41) is 7.92. The first-order valence-electron chi connectivity index (χ1n) is 6.70. The summed E-state index contributed by atoms with van der Waals surface area (Å²) in [6, 6.07) is 13.1. The summed E-state index contributed by atoms with van der Waals surface area (Å²) in [5.41, 5.74) is 4.38. The summed E-state index contributed by atoms with van der Waals surface area (Å²) in [6.45, 7) is 0. The molecule has 0 unspecified atom stereocenters. The van der Waals surface area contributed by atoms with E-state index in [0.29, 0.717) is 21.6 Å². The van der Waals surface area contributed by atoms with Gasteiger partial charge in [0.15, 0.2) is 16.6 Å². The Hall–Kier alpha value is -2.31. The van der Waals surface area contributed by atoms with E-state index < -0.39 is 0 Å². The summed E-state index contributed by atoms with van der Waals surface area (Å²) in [4.78, 5) is 0. The molecule has 2 N–H and O–H groups in total. The molecule has 0 aliphatic carbocycles. The molecule has 0 saturated heterocycles. The fraction of sp³-hybridized carbons (Fsp3) is 0.125. The van der Waals surface area contributed by atoms with Crippen molar-refractivity contribution in [1.29, 1.82) is 0 Å². The third kappa shape index (κ3) is 4.84. The molecule has 0 aliphatic heterocycles. The lowest BCUT2D eigenvalue weighted by molar-refractivity contribution is 0.355. The minimum absolute atomic E-state index is 0.388. The molecule has 0 aromatic heterocycles. The quantitative estimate of drug-likeness (QED) is 0.490. The van der Waals surface area contributed by atoms with Gasteiger partial charge in [-0.3, -0.25) is 5.43 Å². The summed E-state index contributed by atoms with van der Waals surface area (Å²) in [7, 11) is 3.08. The Morgan fingerprint density at radius 1 is 1.17 bits per heavy atom. The number of hydrazone groups is 1. The number of rotatable bonds is 5. The average Bonchev–Trinajstić information content (AvgIpc) is 2.55. The van der Waals surface area contributed by atoms with Gasteiger partial charge in [0, 0.05) is 5.69 Å². The van der Waals surface area contributed by atoms with Crippen LogP contribution in [-0.2, 0) is 0 Å². The molecule has 23 heavy (non-hydrogen) atoms. The topological polar surface area (TPSA) is 54.9 Å². The molecule has 2 aromatic carbocycles. The van der Waals surface area contributed by atoms with Crippen LogP contribution in [0.4, 0.5) is 5.69 Å². The number of ether oxygens (including phenoxy) is 2. The van der Waals surface area contributed by atoms with Gasteiger partial charge in [0.25, 0.3) is 0 Å². The van der Waals surface area contributed by atoms with Crippen LogP contribution in [0.1, 0.15) is 5.56 Å². The van der Waals surface area contributed by atoms with E-state index >= 15 is 0 Å². The zero-order valence-corrected chi connectivity index (χ0v) is 14.2. The molecule has 2 rings (SSSR count). The Kier molecular flexibility index (Phi) is 6.19. The third-order valence-electron chi connectivity index (χ3n) is 2.87. The minimum atomic E-state index is 0.388. The molecule has 0 radical (unpaired) electrons. The highest BCUT2D eigenvalue weighted by molar-refractivity contribution is 7.80. The van der Waals surface area contributed by atoms with Gasteiger partial charge < -0.3 is 14.8 Å². The van der Waals surface area contributed by atoms with Crippen molar-refractivity contribution in [3.63, 3.8) is 0 Å². The molecule has 0 amide bonds. The highest BCUT2D eigenvalue weighted by atomic mass is 35.5. The second-order valence-corrected chi connectivity index (χ2v) is 5.24. The van der Waals surface area contributed by atoms with Gasteiger partial charge in [0.2, 0.25) is 0 Å². The molecule has 0 atom stereocenters. The summed E-state index contributed by atoms with van der Waals surface area (Å²) >= 11 is 11.3. The van der Waals surface area contributed by atoms with Gasteiger partial charge in [-0.2, -0.15) is 5.10 Å². The minimum Gasteiger partial charge on any atom is -0.493 e. The zero-order chi connectivity index (χ0) is 16.7. The number of benzene rings is 2. The van der Waals surface area contributed by atoms with Gasteiger partial charge in [-0.1, -0.05) is 29.8 Å². The van der Waals surface area contributed by atoms with Crippen molar-refractivity contribution in [2.75, 3.05) is 19.5 Å². The van der Waals surface area contributed by atoms with Crippen LogP contribution in [0, 0.1) is 0 Å². The number of nitrogens with one attached hydrogen (secondary N) is 2. The van der Waals surface area contributed by atoms with Crippen molar-refractivity contribution in [1.82, 2.24) is 5.43 Å². The van der Waals surface area contributed by atoms with Crippen LogP contribution in [0.5, 0.6) is 11.5 Å². The second kappa shape index (κ2) is 8.36. The lowest BCUT2D eigenvalue weighted by Gasteiger charge is -2.10. The number of anilines is 1. The van der Waals surface area contributed by atoms with Crippen molar-refractivity contribution in [3.8, 4) is 11.5 Å². The van der Waals surface area contributed by atoms with Gasteiger partial charge in [0.05, 0.1) is 25.5 Å². The number of hydrogen-bond acceptors (Lipinski definition) is 4. The van der Waals surface area contributed by atoms with Crippen molar-refractivity contribution in [2.45, 2.75) is 0 Å². The smallest absolute Gasteiger partial charge is 0.191 e. The monoisotopic (exact) mass is 349 g/mol. The first-order chi connectivity index (χ1) is 11.1. The summed E-state index contributed by atoms with van der Waals surface area (Å²) in [6.07, 6.45) is 1.59. The van der Waals surface area contributed by atoms with Gasteiger partial charge in [-0.25, -0.2) is 0 Å². The molecule has 0 heterocycles. The maximum absolute atomic E-state index is 6.14. The number of hydrogen-bond donors (Lipinski definition) is 2. The fourth-order valence-corrected chi connectivity index (χ4v) is 2.33. The lowest BCUT2D eigenvalue weighted by Crippen LogP contribution is -2.23. The fourth-order valence-electron chi connectivity index (χ4n) is 1.86. The third-order valence-corrected chi connectivity index (χ3v) is 3.34. The number of methoxy groups -OCH3 is 2. The van der Waals surface area contributed by atoms with Crippen LogP contribution in [0.3, 0.4) is 0 Å². The lowest BCUT2D eigenvalue weighted by atomic mass is 10.2. The Bertz CT molecular complexity index is 708. The number of para-hydroxylation sites is 1. The number of halogens is 1. The zero-order valence-electron chi connectivity index (χ0n) is 12.7. The molecule has 7 heteroatoms. The standard InChI is InChI=1S/C16H16ClN3O2S/c1-21-14-9-11(8-13(17)15(14)22-2)10-18-20-16(23)19-12-6-4-3-5-7-12/h3-10H,1-2H3,(H2,19,20,23)/b18-10+. The van der Waals surface area contributed by atoms with E-state index in [2.05, 4.69) is 15.8 Å². The van der Waals surface area contributed by atoms with Crippen LogP contribution < -0.4 is 20.2 Å². The molecule has 0 bridgehead atoms. The van der Waals surface area contributed by atoms with Gasteiger partial charge in [-0.05, 0) is 42.0 Å². The van der Waals surface area contributed by atoms with Crippen LogP contribution in [0.25, 0.3) is 0 Å². The van der Waals surface area contributed by atoms with E-state index in [1.54, 1.807) is 25.5 Å². The van der Waals surface area contributed by atoms with Gasteiger partial charge in [0.1, 0.15) is 0 Å². The average molecular weight is 350 g/mol. The van der Waals surface area contributed by atoms with Crippen LogP contribution in [0.2, 0.25) is 5.02 Å². The number of nitrogens with zero attached hydrogens (tertiary/aromatic N) is 1. The maximum atomic E-state index is 6.14. The molecule has 2 aromatic rings. The normalized spacial score (nSPS) is 10.4.